The molecule has 0 aliphatic rings. The van der Waals surface area contributed by atoms with E-state index in [0.717, 1.165) is 4.47 Å². The quantitative estimate of drug-likeness (QED) is 0.536. The van der Waals surface area contributed by atoms with Crippen molar-refractivity contribution in [3.05, 3.63) is 46.4 Å². The van der Waals surface area contributed by atoms with E-state index in [1.54, 1.807) is 0 Å². The predicted octanol–water partition coefficient (Wildman–Crippen LogP) is 6.21. The highest BCUT2D eigenvalue weighted by atomic mass is 79.9. The number of unbranched alkanes of at least 4 members (excludes halogenated alkanes) is 3. The van der Waals surface area contributed by atoms with Crippen molar-refractivity contribution in [2.75, 3.05) is 0 Å². The third-order valence-corrected chi connectivity index (χ3v) is 4.44. The number of halogens is 1. The number of rotatable bonds is 5. The number of aryl methyl sites for hydroxylation is 1. The first-order valence-electron chi connectivity index (χ1n) is 7.48. The van der Waals surface area contributed by atoms with Crippen LogP contribution in [0.4, 0.5) is 0 Å². The summed E-state index contributed by atoms with van der Waals surface area (Å²) in [5.41, 5.74) is 3.91. The van der Waals surface area contributed by atoms with Crippen LogP contribution >= 0.6 is 15.9 Å². The molecule has 20 heavy (non-hydrogen) atoms. The van der Waals surface area contributed by atoms with Gasteiger partial charge in [0.2, 0.25) is 0 Å². The van der Waals surface area contributed by atoms with E-state index < -0.39 is 0 Å². The Labute approximate surface area is 128 Å². The van der Waals surface area contributed by atoms with Gasteiger partial charge in [0.1, 0.15) is 0 Å². The zero-order valence-corrected chi connectivity index (χ0v) is 13.5. The van der Waals surface area contributed by atoms with Crippen LogP contribution in [0.5, 0.6) is 0 Å². The minimum Gasteiger partial charge on any atom is -0.355 e. The van der Waals surface area contributed by atoms with Crippen LogP contribution in [-0.4, -0.2) is 4.98 Å². The second-order valence-electron chi connectivity index (χ2n) is 5.51. The number of nitrogens with one attached hydrogen (secondary N) is 1. The Balaban J connectivity index is 1.89. The number of aromatic amines is 1. The number of hydrogen-bond donors (Lipinski definition) is 1. The highest BCUT2D eigenvalue weighted by Gasteiger charge is 2.05. The van der Waals surface area contributed by atoms with E-state index in [0.29, 0.717) is 0 Å². The maximum absolute atomic E-state index is 3.55. The van der Waals surface area contributed by atoms with Crippen LogP contribution in [0.15, 0.2) is 40.9 Å². The summed E-state index contributed by atoms with van der Waals surface area (Å²) in [5.74, 6) is 0. The first-order chi connectivity index (χ1) is 9.78. The predicted molar refractivity (Wildman–Crippen MR) is 91.4 cm³/mol. The number of H-pyrrole nitrogens is 1. The fourth-order valence-corrected chi connectivity index (χ4v) is 3.20. The van der Waals surface area contributed by atoms with Crippen LogP contribution in [0.2, 0.25) is 0 Å². The second kappa shape index (κ2) is 6.01. The fourth-order valence-electron chi connectivity index (χ4n) is 2.83. The van der Waals surface area contributed by atoms with Crippen LogP contribution in [0.3, 0.4) is 0 Å². The molecule has 0 spiro atoms. The number of aromatic nitrogens is 1. The third-order valence-electron chi connectivity index (χ3n) is 3.94. The molecule has 0 bridgehead atoms. The lowest BCUT2D eigenvalue weighted by molar-refractivity contribution is 0.667. The summed E-state index contributed by atoms with van der Waals surface area (Å²) >= 11 is 3.55. The van der Waals surface area contributed by atoms with E-state index in [1.807, 2.05) is 0 Å². The lowest BCUT2D eigenvalue weighted by Crippen LogP contribution is -1.85. The van der Waals surface area contributed by atoms with Crippen LogP contribution < -0.4 is 0 Å². The van der Waals surface area contributed by atoms with Gasteiger partial charge in [0, 0.05) is 26.3 Å². The van der Waals surface area contributed by atoms with Crippen molar-refractivity contribution in [3.63, 3.8) is 0 Å². The topological polar surface area (TPSA) is 15.8 Å². The normalized spacial score (nSPS) is 11.5. The fraction of sp³-hybridized carbons (Fsp3) is 0.333. The van der Waals surface area contributed by atoms with Gasteiger partial charge < -0.3 is 4.98 Å². The van der Waals surface area contributed by atoms with E-state index in [2.05, 4.69) is 64.2 Å². The lowest BCUT2D eigenvalue weighted by atomic mass is 10.0. The molecular weight excluding hydrogens is 310 g/mol. The van der Waals surface area contributed by atoms with E-state index in [-0.39, 0.29) is 0 Å². The SMILES string of the molecule is CCCCCCc1ccc2c(c1)[nH]c1ccc(Br)cc12. The highest BCUT2D eigenvalue weighted by Crippen LogP contribution is 2.28. The van der Waals surface area contributed by atoms with E-state index in [4.69, 9.17) is 0 Å². The molecule has 2 aromatic carbocycles. The van der Waals surface area contributed by atoms with Gasteiger partial charge in [-0.2, -0.15) is 0 Å². The minimum atomic E-state index is 1.13. The van der Waals surface area contributed by atoms with Crippen molar-refractivity contribution >= 4 is 37.7 Å². The van der Waals surface area contributed by atoms with Gasteiger partial charge in [-0.1, -0.05) is 54.2 Å². The molecule has 0 saturated heterocycles. The summed E-state index contributed by atoms with van der Waals surface area (Å²) in [6.45, 7) is 2.26. The van der Waals surface area contributed by atoms with Crippen molar-refractivity contribution < 1.29 is 0 Å². The molecule has 0 saturated carbocycles. The molecule has 0 amide bonds. The van der Waals surface area contributed by atoms with Gasteiger partial charge in [0.15, 0.2) is 0 Å². The maximum atomic E-state index is 3.55. The Bertz CT molecular complexity index is 727. The van der Waals surface area contributed by atoms with Gasteiger partial charge in [-0.15, -0.1) is 0 Å². The average Bonchev–Trinajstić information content (AvgIpc) is 2.81. The smallest absolute Gasteiger partial charge is 0.0467 e. The van der Waals surface area contributed by atoms with Crippen molar-refractivity contribution in [1.29, 1.82) is 0 Å². The first kappa shape index (κ1) is 13.7. The Morgan fingerprint density at radius 1 is 0.900 bits per heavy atom. The molecule has 1 heterocycles. The van der Waals surface area contributed by atoms with Gasteiger partial charge in [-0.3, -0.25) is 0 Å². The summed E-state index contributed by atoms with van der Waals surface area (Å²) in [4.78, 5) is 3.53. The lowest BCUT2D eigenvalue weighted by Gasteiger charge is -2.01. The Kier molecular flexibility index (Phi) is 4.11. The summed E-state index contributed by atoms with van der Waals surface area (Å²) in [5, 5.41) is 2.62. The summed E-state index contributed by atoms with van der Waals surface area (Å²) in [6, 6.07) is 13.3. The maximum Gasteiger partial charge on any atom is 0.0467 e. The molecule has 3 rings (SSSR count). The number of hydrogen-bond acceptors (Lipinski definition) is 0. The van der Waals surface area contributed by atoms with Crippen molar-refractivity contribution in [2.45, 2.75) is 39.0 Å². The second-order valence-corrected chi connectivity index (χ2v) is 6.42. The minimum absolute atomic E-state index is 1.13. The van der Waals surface area contributed by atoms with Gasteiger partial charge >= 0.3 is 0 Å². The molecule has 0 aliphatic heterocycles. The molecule has 0 unspecified atom stereocenters. The summed E-state index contributed by atoms with van der Waals surface area (Å²) in [7, 11) is 0. The summed E-state index contributed by atoms with van der Waals surface area (Å²) < 4.78 is 1.13. The molecule has 0 atom stereocenters. The third kappa shape index (κ3) is 2.76. The molecular formula is C18H20BrN. The standard InChI is InChI=1S/C18H20BrN/c1-2-3-4-5-6-13-7-9-15-16-12-14(19)8-10-17(16)20-18(15)11-13/h7-12,20H,2-6H2,1H3. The van der Waals surface area contributed by atoms with Crippen LogP contribution in [0, 0.1) is 0 Å². The zero-order chi connectivity index (χ0) is 13.9. The summed E-state index contributed by atoms with van der Waals surface area (Å²) in [6.07, 6.45) is 6.48. The number of benzene rings is 2. The molecule has 0 aliphatic carbocycles. The van der Waals surface area contributed by atoms with Gasteiger partial charge in [0.05, 0.1) is 0 Å². The van der Waals surface area contributed by atoms with Gasteiger partial charge in [-0.25, -0.2) is 0 Å². The van der Waals surface area contributed by atoms with Gasteiger partial charge in [0.25, 0.3) is 0 Å². The number of fused-ring (bicyclic) bond motifs is 3. The molecule has 2 heteroatoms. The van der Waals surface area contributed by atoms with Gasteiger partial charge in [-0.05, 0) is 42.7 Å². The molecule has 104 valence electrons. The largest absolute Gasteiger partial charge is 0.355 e. The molecule has 1 nitrogen and oxygen atoms in total. The molecule has 1 N–H and O–H groups in total. The highest BCUT2D eigenvalue weighted by molar-refractivity contribution is 9.10. The van der Waals surface area contributed by atoms with E-state index in [1.165, 1.54) is 59.5 Å². The van der Waals surface area contributed by atoms with E-state index in [9.17, 15) is 0 Å². The first-order valence-corrected chi connectivity index (χ1v) is 8.27. The van der Waals surface area contributed by atoms with Crippen molar-refractivity contribution in [3.8, 4) is 0 Å². The monoisotopic (exact) mass is 329 g/mol. The Morgan fingerprint density at radius 2 is 1.80 bits per heavy atom. The van der Waals surface area contributed by atoms with Crippen molar-refractivity contribution in [1.82, 2.24) is 4.98 Å². The zero-order valence-electron chi connectivity index (χ0n) is 11.9. The van der Waals surface area contributed by atoms with Crippen LogP contribution in [0.1, 0.15) is 38.2 Å². The molecule has 0 radical (unpaired) electrons. The molecule has 1 aromatic heterocycles. The Morgan fingerprint density at radius 3 is 2.65 bits per heavy atom. The molecule has 3 aromatic rings. The van der Waals surface area contributed by atoms with Crippen molar-refractivity contribution in [2.24, 2.45) is 0 Å². The average molecular weight is 330 g/mol. The Hall–Kier alpha value is -1.28. The van der Waals surface area contributed by atoms with Crippen LogP contribution in [0.25, 0.3) is 21.8 Å². The van der Waals surface area contributed by atoms with Crippen LogP contribution in [-0.2, 0) is 6.42 Å². The molecule has 0 fully saturated rings. The van der Waals surface area contributed by atoms with E-state index >= 15 is 0 Å².